The van der Waals surface area contributed by atoms with E-state index in [4.69, 9.17) is 15.3 Å². The van der Waals surface area contributed by atoms with Crippen molar-refractivity contribution in [1.82, 2.24) is 5.43 Å². The number of nitrogens with two attached hydrogens (primary N) is 1. The molecular weight excluding hydrogens is 346 g/mol. The summed E-state index contributed by atoms with van der Waals surface area (Å²) in [6.07, 6.45) is -0.308. The Hall–Kier alpha value is -0.760. The van der Waals surface area contributed by atoms with Crippen LogP contribution in [-0.4, -0.2) is 32.3 Å². The molecule has 7 heteroatoms. The van der Waals surface area contributed by atoms with Gasteiger partial charge in [0.1, 0.15) is 12.4 Å². The van der Waals surface area contributed by atoms with Crippen molar-refractivity contribution in [2.75, 3.05) is 19.8 Å². The molecule has 118 valence electrons. The van der Waals surface area contributed by atoms with Gasteiger partial charge in [0.05, 0.1) is 6.61 Å². The van der Waals surface area contributed by atoms with Crippen molar-refractivity contribution < 1.29 is 18.3 Å². The van der Waals surface area contributed by atoms with Crippen LogP contribution in [0.3, 0.4) is 0 Å². The van der Waals surface area contributed by atoms with E-state index in [1.807, 2.05) is 6.07 Å². The van der Waals surface area contributed by atoms with Crippen LogP contribution < -0.4 is 16.0 Å². The van der Waals surface area contributed by atoms with Crippen LogP contribution in [0.2, 0.25) is 0 Å². The highest BCUT2D eigenvalue weighted by Gasteiger charge is 2.20. The van der Waals surface area contributed by atoms with Crippen molar-refractivity contribution in [3.05, 3.63) is 27.7 Å². The molecule has 0 aromatic heterocycles. The van der Waals surface area contributed by atoms with Crippen molar-refractivity contribution in [3.8, 4) is 5.75 Å². The number of hydrogen-bond acceptors (Lipinski definition) is 4. The fourth-order valence-corrected chi connectivity index (χ4v) is 2.96. The third-order valence-electron chi connectivity index (χ3n) is 3.38. The van der Waals surface area contributed by atoms with Gasteiger partial charge in [-0.25, -0.2) is 8.78 Å². The van der Waals surface area contributed by atoms with Gasteiger partial charge in [-0.15, -0.1) is 0 Å². The summed E-state index contributed by atoms with van der Waals surface area (Å²) in [6.45, 7) is 0.403. The lowest BCUT2D eigenvalue weighted by Crippen LogP contribution is -2.37. The molecular formula is C14H19BrF2N2O2. The van der Waals surface area contributed by atoms with E-state index >= 15 is 0 Å². The first-order valence-electron chi connectivity index (χ1n) is 6.86. The molecule has 3 N–H and O–H groups in total. The van der Waals surface area contributed by atoms with Gasteiger partial charge in [-0.05, 0) is 36.1 Å². The lowest BCUT2D eigenvalue weighted by molar-refractivity contribution is 0.0144. The Bertz CT molecular complexity index is 475. The number of nitrogens with one attached hydrogen (secondary N) is 1. The predicted octanol–water partition coefficient (Wildman–Crippen LogP) is 2.43. The van der Waals surface area contributed by atoms with Crippen LogP contribution in [0.5, 0.6) is 5.75 Å². The summed E-state index contributed by atoms with van der Waals surface area (Å²) in [7, 11) is 0. The van der Waals surface area contributed by atoms with Gasteiger partial charge in [-0.1, -0.05) is 15.9 Å². The molecule has 0 spiro atoms. The fourth-order valence-electron chi connectivity index (χ4n) is 2.41. The molecule has 4 nitrogen and oxygen atoms in total. The van der Waals surface area contributed by atoms with Crippen LogP contribution in [0.25, 0.3) is 0 Å². The predicted molar refractivity (Wildman–Crippen MR) is 79.6 cm³/mol. The van der Waals surface area contributed by atoms with Gasteiger partial charge in [0, 0.05) is 23.5 Å². The van der Waals surface area contributed by atoms with E-state index in [-0.39, 0.29) is 12.6 Å². The number of benzene rings is 1. The van der Waals surface area contributed by atoms with Crippen molar-refractivity contribution in [2.45, 2.75) is 31.7 Å². The molecule has 0 bridgehead atoms. The summed E-state index contributed by atoms with van der Waals surface area (Å²) in [5, 5.41) is 0. The number of halogens is 3. The minimum atomic E-state index is -2.43. The van der Waals surface area contributed by atoms with Crippen molar-refractivity contribution in [1.29, 1.82) is 0 Å². The van der Waals surface area contributed by atoms with E-state index < -0.39 is 13.0 Å². The monoisotopic (exact) mass is 364 g/mol. The number of hydrogen-bond donors (Lipinski definition) is 2. The third kappa shape index (κ3) is 4.88. The highest BCUT2D eigenvalue weighted by atomic mass is 79.9. The Labute approximate surface area is 131 Å². The molecule has 2 rings (SSSR count). The Balaban J connectivity index is 1.93. The maximum absolute atomic E-state index is 12.0. The van der Waals surface area contributed by atoms with Crippen LogP contribution in [0, 0.1) is 0 Å². The molecule has 0 amide bonds. The molecule has 1 aliphatic heterocycles. The van der Waals surface area contributed by atoms with Gasteiger partial charge in [0.2, 0.25) is 0 Å². The molecule has 1 heterocycles. The lowest BCUT2D eigenvalue weighted by atomic mass is 10.0. The largest absolute Gasteiger partial charge is 0.493 e. The minimum Gasteiger partial charge on any atom is -0.493 e. The maximum atomic E-state index is 12.0. The third-order valence-corrected chi connectivity index (χ3v) is 3.84. The average Bonchev–Trinajstić information content (AvgIpc) is 2.89. The van der Waals surface area contributed by atoms with E-state index in [2.05, 4.69) is 27.4 Å². The number of rotatable bonds is 8. The normalized spacial score (nSPS) is 15.1. The van der Waals surface area contributed by atoms with Crippen LogP contribution in [-0.2, 0) is 17.6 Å². The summed E-state index contributed by atoms with van der Waals surface area (Å²) in [5.74, 6) is 6.46. The summed E-state index contributed by atoms with van der Waals surface area (Å²) in [4.78, 5) is 0. The first-order chi connectivity index (χ1) is 10.1. The van der Waals surface area contributed by atoms with Gasteiger partial charge >= 0.3 is 0 Å². The maximum Gasteiger partial charge on any atom is 0.261 e. The number of ether oxygens (including phenoxy) is 2. The average molecular weight is 365 g/mol. The van der Waals surface area contributed by atoms with E-state index in [1.54, 1.807) is 0 Å². The van der Waals surface area contributed by atoms with Gasteiger partial charge in [0.15, 0.2) is 0 Å². The second kappa shape index (κ2) is 8.03. The zero-order valence-electron chi connectivity index (χ0n) is 11.6. The SMILES string of the molecule is NNC(CCOCC(F)F)Cc1cc(Br)cc2c1OCC2. The van der Waals surface area contributed by atoms with Crippen LogP contribution in [0.15, 0.2) is 16.6 Å². The molecule has 0 fully saturated rings. The molecule has 21 heavy (non-hydrogen) atoms. The van der Waals surface area contributed by atoms with Crippen LogP contribution in [0.1, 0.15) is 17.5 Å². The zero-order chi connectivity index (χ0) is 15.2. The highest BCUT2D eigenvalue weighted by Crippen LogP contribution is 2.33. The summed E-state index contributed by atoms with van der Waals surface area (Å²) < 4.78 is 35.6. The van der Waals surface area contributed by atoms with E-state index in [1.165, 1.54) is 5.56 Å². The second-order valence-corrected chi connectivity index (χ2v) is 5.89. The summed E-state index contributed by atoms with van der Waals surface area (Å²) >= 11 is 3.49. The summed E-state index contributed by atoms with van der Waals surface area (Å²) in [6, 6.07) is 4.02. The standard InChI is InChI=1S/C14H19BrF2N2O2/c15-11-5-9-1-4-21-14(9)10(6-11)7-12(19-18)2-3-20-8-13(16)17/h5-6,12-13,19H,1-4,7-8,18H2. The Kier molecular flexibility index (Phi) is 6.35. The molecule has 1 aromatic rings. The molecule has 1 unspecified atom stereocenters. The number of hydrazine groups is 1. The highest BCUT2D eigenvalue weighted by molar-refractivity contribution is 9.10. The molecule has 1 atom stereocenters. The van der Waals surface area contributed by atoms with Crippen molar-refractivity contribution >= 4 is 15.9 Å². The fraction of sp³-hybridized carbons (Fsp3) is 0.571. The lowest BCUT2D eigenvalue weighted by Gasteiger charge is -2.18. The minimum absolute atomic E-state index is 0.0507. The van der Waals surface area contributed by atoms with Gasteiger partial charge in [-0.3, -0.25) is 11.3 Å². The van der Waals surface area contributed by atoms with Crippen molar-refractivity contribution in [3.63, 3.8) is 0 Å². The first kappa shape index (κ1) is 16.6. The first-order valence-corrected chi connectivity index (χ1v) is 7.65. The van der Waals surface area contributed by atoms with E-state index in [0.717, 1.165) is 22.2 Å². The molecule has 0 radical (unpaired) electrons. The molecule has 0 saturated carbocycles. The van der Waals surface area contributed by atoms with Gasteiger partial charge in [0.25, 0.3) is 6.43 Å². The number of fused-ring (bicyclic) bond motifs is 1. The number of alkyl halides is 2. The quantitative estimate of drug-likeness (QED) is 0.422. The molecule has 0 saturated heterocycles. The molecule has 1 aliphatic rings. The van der Waals surface area contributed by atoms with E-state index in [0.29, 0.717) is 19.4 Å². The zero-order valence-corrected chi connectivity index (χ0v) is 13.2. The van der Waals surface area contributed by atoms with Crippen LogP contribution in [0.4, 0.5) is 8.78 Å². The van der Waals surface area contributed by atoms with Gasteiger partial charge in [-0.2, -0.15) is 0 Å². The molecule has 1 aromatic carbocycles. The topological polar surface area (TPSA) is 56.5 Å². The molecule has 0 aliphatic carbocycles. The van der Waals surface area contributed by atoms with Crippen molar-refractivity contribution in [2.24, 2.45) is 5.84 Å². The van der Waals surface area contributed by atoms with E-state index in [9.17, 15) is 8.78 Å². The smallest absolute Gasteiger partial charge is 0.261 e. The Morgan fingerprint density at radius 2 is 2.24 bits per heavy atom. The second-order valence-electron chi connectivity index (χ2n) is 4.97. The summed E-state index contributed by atoms with van der Waals surface area (Å²) in [5.41, 5.74) is 4.96. The van der Waals surface area contributed by atoms with Gasteiger partial charge < -0.3 is 9.47 Å². The Morgan fingerprint density at radius 3 is 2.95 bits per heavy atom. The Morgan fingerprint density at radius 1 is 1.43 bits per heavy atom. The van der Waals surface area contributed by atoms with Crippen LogP contribution >= 0.6 is 15.9 Å².